The van der Waals surface area contributed by atoms with Crippen molar-refractivity contribution >= 4 is 0 Å². The maximum absolute atomic E-state index is 14.1. The molecule has 2 rings (SSSR count). The topological polar surface area (TPSA) is 9.23 Å². The summed E-state index contributed by atoms with van der Waals surface area (Å²) in [5, 5.41) is 0. The van der Waals surface area contributed by atoms with E-state index in [-0.39, 0.29) is 5.82 Å². The molecule has 2 heteroatoms. The molecule has 1 aromatic rings. The van der Waals surface area contributed by atoms with Gasteiger partial charge >= 0.3 is 0 Å². The molecule has 0 unspecified atom stereocenters. The van der Waals surface area contributed by atoms with Crippen molar-refractivity contribution in [2.45, 2.75) is 45.1 Å². The Balaban J connectivity index is 1.94. The molecule has 0 aliphatic heterocycles. The molecule has 1 aliphatic carbocycles. The fraction of sp³-hybridized carbons (Fsp3) is 0.474. The van der Waals surface area contributed by atoms with Gasteiger partial charge in [0.05, 0.1) is 13.2 Å². The van der Waals surface area contributed by atoms with Crippen molar-refractivity contribution in [3.63, 3.8) is 0 Å². The average Bonchev–Trinajstić information content (AvgIpc) is 2.53. The zero-order valence-corrected chi connectivity index (χ0v) is 12.9. The molecule has 0 atom stereocenters. The zero-order chi connectivity index (χ0) is 15.1. The standard InChI is InChI=1S/C19H25FO/c1-3-5-12-21-14-18-11-10-17(13-19(18)20)16-8-6-15(4-2)7-9-16/h3-5,10-11,13,15-16H,2,6-9,12,14H2,1H3/t15-,16-. The Labute approximate surface area is 127 Å². The first-order valence-corrected chi connectivity index (χ1v) is 7.84. The number of allylic oxidation sites excluding steroid dienone is 2. The summed E-state index contributed by atoms with van der Waals surface area (Å²) in [6.45, 7) is 6.68. The van der Waals surface area contributed by atoms with Crippen LogP contribution in [0.15, 0.2) is 43.0 Å². The van der Waals surface area contributed by atoms with Gasteiger partial charge in [-0.05, 0) is 56.1 Å². The van der Waals surface area contributed by atoms with Gasteiger partial charge in [-0.25, -0.2) is 4.39 Å². The van der Waals surface area contributed by atoms with Gasteiger partial charge in [0.15, 0.2) is 0 Å². The molecule has 21 heavy (non-hydrogen) atoms. The normalized spacial score (nSPS) is 22.6. The summed E-state index contributed by atoms with van der Waals surface area (Å²) >= 11 is 0. The lowest BCUT2D eigenvalue weighted by Gasteiger charge is -2.27. The fourth-order valence-electron chi connectivity index (χ4n) is 2.96. The third-order valence-electron chi connectivity index (χ3n) is 4.36. The van der Waals surface area contributed by atoms with Gasteiger partial charge in [-0.3, -0.25) is 0 Å². The number of hydrogen-bond acceptors (Lipinski definition) is 1. The van der Waals surface area contributed by atoms with Gasteiger partial charge in [-0.2, -0.15) is 0 Å². The third kappa shape index (κ3) is 4.53. The maximum atomic E-state index is 14.1. The number of ether oxygens (including phenoxy) is 1. The molecule has 1 saturated carbocycles. The molecule has 1 fully saturated rings. The van der Waals surface area contributed by atoms with Crippen molar-refractivity contribution in [1.82, 2.24) is 0 Å². The second-order valence-electron chi connectivity index (χ2n) is 5.78. The van der Waals surface area contributed by atoms with Crippen molar-refractivity contribution in [1.29, 1.82) is 0 Å². The fourth-order valence-corrected chi connectivity index (χ4v) is 2.96. The maximum Gasteiger partial charge on any atom is 0.129 e. The average molecular weight is 288 g/mol. The van der Waals surface area contributed by atoms with E-state index in [4.69, 9.17) is 4.74 Å². The molecule has 0 amide bonds. The monoisotopic (exact) mass is 288 g/mol. The van der Waals surface area contributed by atoms with E-state index < -0.39 is 0 Å². The van der Waals surface area contributed by atoms with Gasteiger partial charge in [-0.15, -0.1) is 6.58 Å². The Morgan fingerprint density at radius 1 is 1.29 bits per heavy atom. The molecule has 1 aromatic carbocycles. The van der Waals surface area contributed by atoms with Gasteiger partial charge in [-0.1, -0.05) is 30.4 Å². The first-order valence-electron chi connectivity index (χ1n) is 7.84. The van der Waals surface area contributed by atoms with Crippen LogP contribution in [0, 0.1) is 11.7 Å². The Morgan fingerprint density at radius 3 is 2.67 bits per heavy atom. The second kappa shape index (κ2) is 8.14. The Bertz CT molecular complexity index is 484. The SMILES string of the molecule is C=C[C@H]1CC[C@H](c2ccc(COCC=CC)c(F)c2)CC1. The largest absolute Gasteiger partial charge is 0.373 e. The first-order chi connectivity index (χ1) is 10.2. The van der Waals surface area contributed by atoms with Crippen LogP contribution in [0.4, 0.5) is 4.39 Å². The van der Waals surface area contributed by atoms with E-state index >= 15 is 0 Å². The highest BCUT2D eigenvalue weighted by molar-refractivity contribution is 5.27. The third-order valence-corrected chi connectivity index (χ3v) is 4.36. The minimum absolute atomic E-state index is 0.140. The van der Waals surface area contributed by atoms with Crippen LogP contribution in [0.5, 0.6) is 0 Å². The summed E-state index contributed by atoms with van der Waals surface area (Å²) < 4.78 is 19.6. The van der Waals surface area contributed by atoms with E-state index in [0.717, 1.165) is 18.4 Å². The lowest BCUT2D eigenvalue weighted by atomic mass is 9.78. The minimum Gasteiger partial charge on any atom is -0.373 e. The Morgan fingerprint density at radius 2 is 2.05 bits per heavy atom. The van der Waals surface area contributed by atoms with E-state index in [0.29, 0.717) is 30.6 Å². The molecule has 1 nitrogen and oxygen atoms in total. The molecule has 1 aliphatic rings. The molecular weight excluding hydrogens is 263 g/mol. The van der Waals surface area contributed by atoms with Crippen molar-refractivity contribution in [3.05, 3.63) is 60.0 Å². The molecule has 0 heterocycles. The lowest BCUT2D eigenvalue weighted by Crippen LogP contribution is -2.12. The minimum atomic E-state index is -0.140. The summed E-state index contributed by atoms with van der Waals surface area (Å²) in [4.78, 5) is 0. The van der Waals surface area contributed by atoms with Crippen LogP contribution in [0.1, 0.15) is 49.7 Å². The van der Waals surface area contributed by atoms with E-state index in [2.05, 4.69) is 18.7 Å². The van der Waals surface area contributed by atoms with Crippen LogP contribution in [0.2, 0.25) is 0 Å². The summed E-state index contributed by atoms with van der Waals surface area (Å²) in [6.07, 6.45) is 10.5. The van der Waals surface area contributed by atoms with E-state index in [1.54, 1.807) is 6.07 Å². The Hall–Kier alpha value is -1.41. The highest BCUT2D eigenvalue weighted by Crippen LogP contribution is 2.36. The van der Waals surface area contributed by atoms with Crippen molar-refractivity contribution < 1.29 is 9.13 Å². The second-order valence-corrected chi connectivity index (χ2v) is 5.78. The smallest absolute Gasteiger partial charge is 0.129 e. The number of hydrogen-bond donors (Lipinski definition) is 0. The summed E-state index contributed by atoms with van der Waals surface area (Å²) in [5.74, 6) is 0.998. The van der Waals surface area contributed by atoms with Crippen LogP contribution < -0.4 is 0 Å². The molecule has 0 bridgehead atoms. The number of benzene rings is 1. The summed E-state index contributed by atoms with van der Waals surface area (Å²) in [6, 6.07) is 5.64. The van der Waals surface area contributed by atoms with Crippen LogP contribution in [-0.4, -0.2) is 6.61 Å². The highest BCUT2D eigenvalue weighted by atomic mass is 19.1. The summed E-state index contributed by atoms with van der Waals surface area (Å²) in [7, 11) is 0. The predicted octanol–water partition coefficient (Wildman–Crippen LogP) is 5.38. The van der Waals surface area contributed by atoms with Crippen molar-refractivity contribution in [2.75, 3.05) is 6.61 Å². The van der Waals surface area contributed by atoms with Gasteiger partial charge < -0.3 is 4.74 Å². The van der Waals surface area contributed by atoms with Gasteiger partial charge in [0.1, 0.15) is 5.82 Å². The molecule has 0 spiro atoms. The quantitative estimate of drug-likeness (QED) is 0.504. The molecule has 0 aromatic heterocycles. The number of halogens is 1. The predicted molar refractivity (Wildman–Crippen MR) is 85.8 cm³/mol. The molecule has 0 saturated heterocycles. The highest BCUT2D eigenvalue weighted by Gasteiger charge is 2.21. The molecular formula is C19H25FO. The molecule has 0 N–H and O–H groups in total. The van der Waals surface area contributed by atoms with Crippen LogP contribution in [0.25, 0.3) is 0 Å². The van der Waals surface area contributed by atoms with E-state index in [1.165, 1.54) is 12.8 Å². The van der Waals surface area contributed by atoms with E-state index in [1.807, 2.05) is 25.1 Å². The van der Waals surface area contributed by atoms with E-state index in [9.17, 15) is 4.39 Å². The summed E-state index contributed by atoms with van der Waals surface area (Å²) in [5.41, 5.74) is 1.77. The van der Waals surface area contributed by atoms with Crippen molar-refractivity contribution in [2.24, 2.45) is 5.92 Å². The zero-order valence-electron chi connectivity index (χ0n) is 12.9. The van der Waals surface area contributed by atoms with Gasteiger partial charge in [0.2, 0.25) is 0 Å². The molecule has 114 valence electrons. The van der Waals surface area contributed by atoms with Gasteiger partial charge in [0, 0.05) is 5.56 Å². The first kappa shape index (κ1) is 16.0. The number of rotatable bonds is 6. The van der Waals surface area contributed by atoms with Crippen molar-refractivity contribution in [3.8, 4) is 0 Å². The molecule has 0 radical (unpaired) electrons. The lowest BCUT2D eigenvalue weighted by molar-refractivity contribution is 0.146. The van der Waals surface area contributed by atoms with Crippen LogP contribution >= 0.6 is 0 Å². The van der Waals surface area contributed by atoms with Crippen LogP contribution in [0.3, 0.4) is 0 Å². The van der Waals surface area contributed by atoms with Gasteiger partial charge in [0.25, 0.3) is 0 Å². The Kier molecular flexibility index (Phi) is 6.19. The van der Waals surface area contributed by atoms with Crippen LogP contribution in [-0.2, 0) is 11.3 Å².